The lowest BCUT2D eigenvalue weighted by Gasteiger charge is -2.11. The third-order valence-electron chi connectivity index (χ3n) is 4.85. The maximum absolute atomic E-state index is 12.5. The molecular formula is C23H18BrIN4O3. The fourth-order valence-corrected chi connectivity index (χ4v) is 4.91. The van der Waals surface area contributed by atoms with Crippen molar-refractivity contribution in [1.82, 2.24) is 10.1 Å². The second-order valence-corrected chi connectivity index (χ2v) is 9.16. The van der Waals surface area contributed by atoms with Crippen molar-refractivity contribution >= 4 is 67.5 Å². The Morgan fingerprint density at radius 2 is 1.84 bits per heavy atom. The Labute approximate surface area is 206 Å². The summed E-state index contributed by atoms with van der Waals surface area (Å²) >= 11 is 5.60. The van der Waals surface area contributed by atoms with Gasteiger partial charge in [0.05, 0.1) is 9.78 Å². The molecule has 2 aromatic heterocycles. The number of hydrogen-bond acceptors (Lipinski definition) is 4. The molecule has 4 rings (SSSR count). The summed E-state index contributed by atoms with van der Waals surface area (Å²) in [6, 6.07) is 16.3. The lowest BCUT2D eigenvalue weighted by Crippen LogP contribution is -2.24. The highest BCUT2D eigenvalue weighted by Gasteiger charge is 2.15. The molecule has 0 saturated carbocycles. The van der Waals surface area contributed by atoms with Crippen LogP contribution in [0.5, 0.6) is 0 Å². The summed E-state index contributed by atoms with van der Waals surface area (Å²) in [6.45, 7) is 3.74. The van der Waals surface area contributed by atoms with Gasteiger partial charge in [-0.2, -0.15) is 5.10 Å². The lowest BCUT2D eigenvalue weighted by atomic mass is 10.2. The first kappa shape index (κ1) is 22.3. The zero-order chi connectivity index (χ0) is 22.8. The average molecular weight is 605 g/mol. The van der Waals surface area contributed by atoms with E-state index in [4.69, 9.17) is 4.42 Å². The van der Waals surface area contributed by atoms with Crippen LogP contribution >= 0.6 is 38.5 Å². The Kier molecular flexibility index (Phi) is 6.47. The Bertz CT molecular complexity index is 1360. The normalized spacial score (nSPS) is 11.2. The maximum atomic E-state index is 12.5. The number of carbonyl (C=O) groups is 2. The lowest BCUT2D eigenvalue weighted by molar-refractivity contribution is 0.0929. The molecule has 0 radical (unpaired) electrons. The van der Waals surface area contributed by atoms with Gasteiger partial charge in [-0.1, -0.05) is 34.1 Å². The van der Waals surface area contributed by atoms with Crippen molar-refractivity contribution < 1.29 is 14.0 Å². The van der Waals surface area contributed by atoms with Crippen LogP contribution in [-0.2, 0) is 0 Å². The minimum absolute atomic E-state index is 0.175. The van der Waals surface area contributed by atoms with E-state index in [1.54, 1.807) is 22.9 Å². The zero-order valence-corrected chi connectivity index (χ0v) is 20.9. The number of fused-ring (bicyclic) bond motifs is 1. The maximum Gasteiger partial charge on any atom is 0.307 e. The molecule has 32 heavy (non-hydrogen) atoms. The third kappa shape index (κ3) is 4.63. The van der Waals surface area contributed by atoms with Crippen molar-refractivity contribution in [3.05, 3.63) is 90.9 Å². The molecule has 4 aromatic rings. The number of benzene rings is 2. The van der Waals surface area contributed by atoms with Gasteiger partial charge in [-0.3, -0.25) is 19.7 Å². The SMILES string of the molecule is Cc1cc(/C=N\NC(=O)c2cc3cc(Br)cc(I)c3o2)c(C)n1NC(=O)c1ccccc1. The van der Waals surface area contributed by atoms with Crippen LogP contribution in [0.2, 0.25) is 0 Å². The van der Waals surface area contributed by atoms with Crippen molar-refractivity contribution in [2.75, 3.05) is 5.43 Å². The van der Waals surface area contributed by atoms with E-state index in [9.17, 15) is 9.59 Å². The molecule has 9 heteroatoms. The van der Waals surface area contributed by atoms with Crippen molar-refractivity contribution in [3.63, 3.8) is 0 Å². The van der Waals surface area contributed by atoms with Crippen LogP contribution in [0.4, 0.5) is 0 Å². The highest BCUT2D eigenvalue weighted by atomic mass is 127. The van der Waals surface area contributed by atoms with Crippen LogP contribution < -0.4 is 10.9 Å². The first-order valence-electron chi connectivity index (χ1n) is 9.61. The van der Waals surface area contributed by atoms with E-state index in [0.29, 0.717) is 11.1 Å². The van der Waals surface area contributed by atoms with Crippen molar-refractivity contribution in [3.8, 4) is 0 Å². The van der Waals surface area contributed by atoms with E-state index in [0.717, 1.165) is 30.4 Å². The average Bonchev–Trinajstić information content (AvgIpc) is 3.31. The molecule has 2 heterocycles. The fraction of sp³-hybridized carbons (Fsp3) is 0.0870. The summed E-state index contributed by atoms with van der Waals surface area (Å²) in [5.74, 6) is -0.486. The Hall–Kier alpha value is -2.92. The van der Waals surface area contributed by atoms with Gasteiger partial charge in [-0.05, 0) is 72.8 Å². The number of nitrogens with one attached hydrogen (secondary N) is 2. The molecule has 2 N–H and O–H groups in total. The third-order valence-corrected chi connectivity index (χ3v) is 6.11. The molecule has 2 aromatic carbocycles. The number of nitrogens with zero attached hydrogens (tertiary/aromatic N) is 2. The molecular weight excluding hydrogens is 587 g/mol. The number of halogens is 2. The molecule has 0 atom stereocenters. The van der Waals surface area contributed by atoms with Crippen molar-refractivity contribution in [2.24, 2.45) is 5.10 Å². The van der Waals surface area contributed by atoms with Crippen LogP contribution in [0, 0.1) is 17.4 Å². The predicted octanol–water partition coefficient (Wildman–Crippen LogP) is 5.37. The topological polar surface area (TPSA) is 88.6 Å². The molecule has 7 nitrogen and oxygen atoms in total. The van der Waals surface area contributed by atoms with Crippen molar-refractivity contribution in [2.45, 2.75) is 13.8 Å². The van der Waals surface area contributed by atoms with E-state index in [1.165, 1.54) is 6.21 Å². The van der Waals surface area contributed by atoms with Crippen LogP contribution in [0.1, 0.15) is 37.9 Å². The zero-order valence-electron chi connectivity index (χ0n) is 17.1. The first-order chi connectivity index (χ1) is 15.3. The summed E-state index contributed by atoms with van der Waals surface area (Å²) in [7, 11) is 0. The molecule has 0 unspecified atom stereocenters. The fourth-order valence-electron chi connectivity index (χ4n) is 3.25. The molecule has 0 fully saturated rings. The monoisotopic (exact) mass is 604 g/mol. The molecule has 2 amide bonds. The minimum Gasteiger partial charge on any atom is -0.450 e. The van der Waals surface area contributed by atoms with Gasteiger partial charge in [-0.15, -0.1) is 0 Å². The molecule has 0 bridgehead atoms. The first-order valence-corrected chi connectivity index (χ1v) is 11.5. The minimum atomic E-state index is -0.449. The Morgan fingerprint density at radius 3 is 2.59 bits per heavy atom. The standard InChI is InChI=1S/C23H18BrIN4O3/c1-13-8-17(14(2)29(13)28-22(30)15-6-4-3-5-7-15)12-26-27-23(31)20-10-16-9-18(24)11-19(25)21(16)32-20/h3-12H,1-2H3,(H,27,31)(H,28,30)/b26-12-. The Morgan fingerprint density at radius 1 is 1.09 bits per heavy atom. The quantitative estimate of drug-likeness (QED) is 0.182. The molecule has 0 aliphatic carbocycles. The number of hydrogen-bond donors (Lipinski definition) is 2. The molecule has 0 spiro atoms. The van der Waals surface area contributed by atoms with E-state index < -0.39 is 5.91 Å². The van der Waals surface area contributed by atoms with Crippen LogP contribution in [0.25, 0.3) is 11.0 Å². The van der Waals surface area contributed by atoms with E-state index >= 15 is 0 Å². The van der Waals surface area contributed by atoms with E-state index in [1.807, 2.05) is 50.2 Å². The summed E-state index contributed by atoms with van der Waals surface area (Å²) in [6.07, 6.45) is 1.54. The number of hydrazone groups is 1. The number of aromatic nitrogens is 1. The molecule has 0 aliphatic rings. The smallest absolute Gasteiger partial charge is 0.307 e. The number of amides is 2. The number of rotatable bonds is 5. The summed E-state index contributed by atoms with van der Waals surface area (Å²) < 4.78 is 9.19. The number of furan rings is 1. The van der Waals surface area contributed by atoms with Crippen LogP contribution in [0.3, 0.4) is 0 Å². The van der Waals surface area contributed by atoms with E-state index in [-0.39, 0.29) is 11.7 Å². The van der Waals surface area contributed by atoms with E-state index in [2.05, 4.69) is 54.5 Å². The van der Waals surface area contributed by atoms with Gasteiger partial charge in [0.15, 0.2) is 5.76 Å². The largest absolute Gasteiger partial charge is 0.450 e. The van der Waals surface area contributed by atoms with Gasteiger partial charge in [0.25, 0.3) is 5.91 Å². The van der Waals surface area contributed by atoms with Gasteiger partial charge in [-0.25, -0.2) is 5.43 Å². The Balaban J connectivity index is 1.47. The summed E-state index contributed by atoms with van der Waals surface area (Å²) in [5, 5.41) is 4.89. The van der Waals surface area contributed by atoms with Gasteiger partial charge in [0, 0.05) is 32.4 Å². The summed E-state index contributed by atoms with van der Waals surface area (Å²) in [4.78, 5) is 24.9. The molecule has 0 aliphatic heterocycles. The second-order valence-electron chi connectivity index (χ2n) is 7.08. The molecule has 0 saturated heterocycles. The van der Waals surface area contributed by atoms with Gasteiger partial charge in [0.1, 0.15) is 5.58 Å². The predicted molar refractivity (Wildman–Crippen MR) is 136 cm³/mol. The van der Waals surface area contributed by atoms with Gasteiger partial charge in [0.2, 0.25) is 0 Å². The number of carbonyl (C=O) groups excluding carboxylic acids is 2. The molecule has 162 valence electrons. The summed E-state index contributed by atoms with van der Waals surface area (Å²) in [5.41, 5.74) is 8.96. The van der Waals surface area contributed by atoms with Crippen LogP contribution in [-0.4, -0.2) is 22.7 Å². The second kappa shape index (κ2) is 9.29. The highest BCUT2D eigenvalue weighted by Crippen LogP contribution is 2.28. The highest BCUT2D eigenvalue weighted by molar-refractivity contribution is 14.1. The van der Waals surface area contributed by atoms with Gasteiger partial charge < -0.3 is 4.42 Å². The van der Waals surface area contributed by atoms with Gasteiger partial charge >= 0.3 is 5.91 Å². The number of aryl methyl sites for hydroxylation is 1. The van der Waals surface area contributed by atoms with Crippen LogP contribution in [0.15, 0.2) is 68.6 Å². The van der Waals surface area contributed by atoms with Crippen molar-refractivity contribution in [1.29, 1.82) is 0 Å².